The van der Waals surface area contributed by atoms with E-state index >= 15 is 0 Å². The molecule has 3 aromatic rings. The van der Waals surface area contributed by atoms with Crippen LogP contribution in [0.5, 0.6) is 0 Å². The maximum atomic E-state index is 12.6. The number of carbonyl (C=O) groups is 1. The molecule has 1 saturated heterocycles. The molecule has 0 bridgehead atoms. The predicted octanol–water partition coefficient (Wildman–Crippen LogP) is 2.98. The van der Waals surface area contributed by atoms with Crippen LogP contribution in [-0.2, 0) is 11.2 Å². The lowest BCUT2D eigenvalue weighted by Crippen LogP contribution is -2.45. The molecule has 0 unspecified atom stereocenters. The Hall–Kier alpha value is -3.42. The van der Waals surface area contributed by atoms with E-state index in [-0.39, 0.29) is 11.9 Å². The monoisotopic (exact) mass is 429 g/mol. The average molecular weight is 430 g/mol. The number of hydrogen-bond donors (Lipinski definition) is 3. The van der Waals surface area contributed by atoms with Crippen LogP contribution in [0.1, 0.15) is 42.1 Å². The predicted molar refractivity (Wildman–Crippen MR) is 122 cm³/mol. The molecule has 3 aliphatic rings. The number of fused-ring (bicyclic) bond motifs is 1. The van der Waals surface area contributed by atoms with Gasteiger partial charge < -0.3 is 15.5 Å². The summed E-state index contributed by atoms with van der Waals surface area (Å²) in [6.07, 6.45) is 4.25. The highest BCUT2D eigenvalue weighted by Gasteiger charge is 2.56. The van der Waals surface area contributed by atoms with Crippen LogP contribution in [0.4, 0.5) is 17.6 Å². The molecule has 2 aromatic heterocycles. The number of nitrogens with one attached hydrogen (secondary N) is 3. The normalized spacial score (nSPS) is 23.7. The van der Waals surface area contributed by atoms with Crippen LogP contribution in [-0.4, -0.2) is 45.7 Å². The maximum absolute atomic E-state index is 12.6. The number of amides is 1. The van der Waals surface area contributed by atoms with E-state index in [0.717, 1.165) is 24.5 Å². The summed E-state index contributed by atoms with van der Waals surface area (Å²) < 4.78 is 0. The smallest absolute Gasteiger partial charge is 0.242 e. The fourth-order valence-corrected chi connectivity index (χ4v) is 4.86. The Morgan fingerprint density at radius 2 is 2.00 bits per heavy atom. The van der Waals surface area contributed by atoms with E-state index in [9.17, 15) is 4.79 Å². The zero-order chi connectivity index (χ0) is 21.7. The molecule has 1 aromatic carbocycles. The molecule has 1 aliphatic heterocycles. The number of aromatic amines is 1. The van der Waals surface area contributed by atoms with Crippen molar-refractivity contribution in [3.63, 3.8) is 0 Å². The van der Waals surface area contributed by atoms with E-state index < -0.39 is 0 Å². The number of benzene rings is 1. The molecule has 6 rings (SSSR count). The Bertz CT molecular complexity index is 1140. The second-order valence-electron chi connectivity index (χ2n) is 9.19. The lowest BCUT2D eigenvalue weighted by Gasteiger charge is -2.27. The number of piperidine rings is 1. The van der Waals surface area contributed by atoms with Gasteiger partial charge in [-0.05, 0) is 36.7 Å². The first-order valence-electron chi connectivity index (χ1n) is 11.4. The van der Waals surface area contributed by atoms with Crippen LogP contribution in [0, 0.1) is 11.8 Å². The first kappa shape index (κ1) is 19.3. The highest BCUT2D eigenvalue weighted by molar-refractivity contribution is 5.86. The number of carbonyl (C=O) groups excluding carboxylic acids is 1. The van der Waals surface area contributed by atoms with Gasteiger partial charge in [0.2, 0.25) is 11.9 Å². The minimum Gasteiger partial charge on any atom is -0.357 e. The number of likely N-dealkylation sites (N-methyl/N-ethyl adjacent to an activating group) is 1. The van der Waals surface area contributed by atoms with Gasteiger partial charge in [-0.15, -0.1) is 0 Å². The van der Waals surface area contributed by atoms with Crippen molar-refractivity contribution in [1.29, 1.82) is 0 Å². The molecule has 1 amide bonds. The van der Waals surface area contributed by atoms with Gasteiger partial charge in [0.25, 0.3) is 0 Å². The van der Waals surface area contributed by atoms with Gasteiger partial charge in [-0.1, -0.05) is 30.3 Å². The van der Waals surface area contributed by atoms with Crippen LogP contribution < -0.4 is 15.5 Å². The van der Waals surface area contributed by atoms with Crippen LogP contribution in [0.15, 0.2) is 42.5 Å². The highest BCUT2D eigenvalue weighted by atomic mass is 16.2. The molecule has 3 heterocycles. The molecule has 32 heavy (non-hydrogen) atoms. The summed E-state index contributed by atoms with van der Waals surface area (Å²) >= 11 is 0. The van der Waals surface area contributed by atoms with Crippen LogP contribution >= 0.6 is 0 Å². The van der Waals surface area contributed by atoms with Gasteiger partial charge in [-0.25, -0.2) is 4.98 Å². The summed E-state index contributed by atoms with van der Waals surface area (Å²) in [5.74, 6) is 3.68. The van der Waals surface area contributed by atoms with E-state index in [4.69, 9.17) is 9.97 Å². The Morgan fingerprint density at radius 1 is 1.16 bits per heavy atom. The fraction of sp³-hybridized carbons (Fsp3) is 0.417. The van der Waals surface area contributed by atoms with E-state index in [0.29, 0.717) is 35.9 Å². The third-order valence-corrected chi connectivity index (χ3v) is 6.79. The summed E-state index contributed by atoms with van der Waals surface area (Å²) in [5, 5.41) is 13.7. The molecule has 164 valence electrons. The second-order valence-corrected chi connectivity index (χ2v) is 9.19. The number of rotatable bonds is 7. The topological polar surface area (TPSA) is 98.8 Å². The van der Waals surface area contributed by atoms with Crippen molar-refractivity contribution in [3.05, 3.63) is 59.4 Å². The maximum Gasteiger partial charge on any atom is 0.242 e. The molecule has 2 aliphatic carbocycles. The van der Waals surface area contributed by atoms with Crippen molar-refractivity contribution in [1.82, 2.24) is 25.5 Å². The van der Waals surface area contributed by atoms with E-state index in [1.165, 1.54) is 24.1 Å². The zero-order valence-corrected chi connectivity index (χ0v) is 18.1. The van der Waals surface area contributed by atoms with Crippen LogP contribution in [0.25, 0.3) is 0 Å². The number of H-pyrrole nitrogens is 1. The van der Waals surface area contributed by atoms with Crippen molar-refractivity contribution < 1.29 is 4.79 Å². The van der Waals surface area contributed by atoms with Gasteiger partial charge in [0.1, 0.15) is 11.9 Å². The molecule has 0 radical (unpaired) electrons. The summed E-state index contributed by atoms with van der Waals surface area (Å²) in [7, 11) is 1.70. The van der Waals surface area contributed by atoms with Crippen LogP contribution in [0.3, 0.4) is 0 Å². The van der Waals surface area contributed by atoms with Gasteiger partial charge in [0.15, 0.2) is 5.82 Å². The molecule has 3 fully saturated rings. The number of hydrogen-bond acceptors (Lipinski definition) is 6. The minimum atomic E-state index is -0.198. The molecule has 0 spiro atoms. The van der Waals surface area contributed by atoms with Crippen molar-refractivity contribution in [2.75, 3.05) is 23.8 Å². The van der Waals surface area contributed by atoms with Gasteiger partial charge >= 0.3 is 0 Å². The van der Waals surface area contributed by atoms with Gasteiger partial charge in [0.05, 0.1) is 5.69 Å². The first-order valence-corrected chi connectivity index (χ1v) is 11.4. The third kappa shape index (κ3) is 3.70. The zero-order valence-electron chi connectivity index (χ0n) is 18.1. The van der Waals surface area contributed by atoms with Crippen molar-refractivity contribution in [3.8, 4) is 0 Å². The Balaban J connectivity index is 1.33. The molecular weight excluding hydrogens is 402 g/mol. The quantitative estimate of drug-likeness (QED) is 0.534. The standard InChI is InChI=1S/C24H27N7O/c1-25-23(32)22-18-10-16(18)13-31(22)24-26-17(9-14-5-3-2-4-6-14)11-20(28-24)27-21-12-19(29-30-21)15-7-8-15/h2-6,11-12,15-16,18,22H,7-10,13H2,1H3,(H,25,32)(H2,26,27,28,29,30)/t16-,18-,22+/m1/s1. The summed E-state index contributed by atoms with van der Waals surface area (Å²) in [6, 6.07) is 14.1. The van der Waals surface area contributed by atoms with Crippen LogP contribution in [0.2, 0.25) is 0 Å². The van der Waals surface area contributed by atoms with E-state index in [1.807, 2.05) is 24.3 Å². The second kappa shape index (κ2) is 7.62. The SMILES string of the molecule is CNC(=O)[C@@H]1[C@@H]2C[C@@H]2CN1c1nc(Cc2ccccc2)cc(Nc2cc(C3CC3)[nH]n2)n1. The van der Waals surface area contributed by atoms with Crippen molar-refractivity contribution in [2.24, 2.45) is 11.8 Å². The van der Waals surface area contributed by atoms with E-state index in [2.05, 4.69) is 43.9 Å². The van der Waals surface area contributed by atoms with Gasteiger partial charge in [-0.2, -0.15) is 10.1 Å². The average Bonchev–Trinajstić information content (AvgIpc) is 3.72. The van der Waals surface area contributed by atoms with Crippen molar-refractivity contribution in [2.45, 2.75) is 37.6 Å². The number of aromatic nitrogens is 4. The van der Waals surface area contributed by atoms with E-state index in [1.54, 1.807) is 7.05 Å². The number of nitrogens with zero attached hydrogens (tertiary/aromatic N) is 4. The molecule has 3 atom stereocenters. The van der Waals surface area contributed by atoms with Gasteiger partial charge in [-0.3, -0.25) is 9.89 Å². The van der Waals surface area contributed by atoms with Crippen molar-refractivity contribution >= 4 is 23.5 Å². The minimum absolute atomic E-state index is 0.0444. The Morgan fingerprint density at radius 3 is 2.78 bits per heavy atom. The summed E-state index contributed by atoms with van der Waals surface area (Å²) in [5.41, 5.74) is 3.27. The lowest BCUT2D eigenvalue weighted by molar-refractivity contribution is -0.122. The summed E-state index contributed by atoms with van der Waals surface area (Å²) in [4.78, 5) is 24.4. The largest absolute Gasteiger partial charge is 0.357 e. The summed E-state index contributed by atoms with van der Waals surface area (Å²) in [6.45, 7) is 0.825. The fourth-order valence-electron chi connectivity index (χ4n) is 4.86. The molecule has 3 N–H and O–H groups in total. The molecule has 8 nitrogen and oxygen atoms in total. The molecule has 2 saturated carbocycles. The molecular formula is C24H27N7O. The highest BCUT2D eigenvalue weighted by Crippen LogP contribution is 2.50. The number of anilines is 3. The third-order valence-electron chi connectivity index (χ3n) is 6.79. The first-order chi connectivity index (χ1) is 15.7. The van der Waals surface area contributed by atoms with Gasteiger partial charge in [0, 0.05) is 43.8 Å². The molecule has 8 heteroatoms. The Kier molecular flexibility index (Phi) is 4.59. The lowest BCUT2D eigenvalue weighted by atomic mass is 10.1. The Labute approximate surface area is 186 Å².